The molecule has 1 aliphatic heterocycles. The molecule has 2 unspecified atom stereocenters. The Morgan fingerprint density at radius 2 is 2.12 bits per heavy atom. The van der Waals surface area contributed by atoms with Gasteiger partial charge in [-0.2, -0.15) is 5.26 Å². The Hall–Kier alpha value is -0.590. The molecule has 1 aliphatic rings. The molecule has 1 fully saturated rings. The number of aliphatic hydroxyl groups excluding tert-OH is 1. The first-order valence-electron chi connectivity index (χ1n) is 6.92. The third-order valence-corrected chi connectivity index (χ3v) is 3.71. The van der Waals surface area contributed by atoms with Gasteiger partial charge in [-0.25, -0.2) is 0 Å². The predicted octanol–water partition coefficient (Wildman–Crippen LogP) is 3.03. The first-order valence-corrected chi connectivity index (χ1v) is 6.92. The molecule has 0 aliphatic carbocycles. The Bertz CT molecular complexity index is 241. The zero-order valence-electron chi connectivity index (χ0n) is 11.0. The summed E-state index contributed by atoms with van der Waals surface area (Å²) in [5.74, 6) is 0. The smallest absolute Gasteiger partial charge is 0.106 e. The topological polar surface area (TPSA) is 53.2 Å². The minimum atomic E-state index is -0.636. The minimum absolute atomic E-state index is 0.402. The molecule has 0 radical (unpaired) electrons. The first-order chi connectivity index (χ1) is 8.25. The van der Waals surface area contributed by atoms with Crippen molar-refractivity contribution in [2.45, 2.75) is 64.4 Å². The fourth-order valence-electron chi connectivity index (χ4n) is 2.46. The highest BCUT2D eigenvalue weighted by Crippen LogP contribution is 2.34. The molecule has 1 saturated heterocycles. The molecule has 0 aromatic heterocycles. The molecule has 1 N–H and O–H groups in total. The number of nitrogens with zero attached hydrogens (tertiary/aromatic N) is 1. The normalized spacial score (nSPS) is 26.4. The zero-order valence-corrected chi connectivity index (χ0v) is 11.0. The van der Waals surface area contributed by atoms with Gasteiger partial charge in [0.2, 0.25) is 0 Å². The molecule has 98 valence electrons. The van der Waals surface area contributed by atoms with E-state index >= 15 is 0 Å². The van der Waals surface area contributed by atoms with Crippen molar-refractivity contribution in [3.05, 3.63) is 0 Å². The summed E-state index contributed by atoms with van der Waals surface area (Å²) in [6, 6.07) is 2.29. The van der Waals surface area contributed by atoms with E-state index in [1.54, 1.807) is 0 Å². The fraction of sp³-hybridized carbons (Fsp3) is 0.929. The molecule has 1 heterocycles. The number of aliphatic hydroxyl groups is 1. The first kappa shape index (κ1) is 14.5. The van der Waals surface area contributed by atoms with Gasteiger partial charge in [0, 0.05) is 6.61 Å². The van der Waals surface area contributed by atoms with Crippen molar-refractivity contribution in [1.29, 1.82) is 5.26 Å². The molecule has 2 atom stereocenters. The van der Waals surface area contributed by atoms with Gasteiger partial charge in [0.25, 0.3) is 0 Å². The van der Waals surface area contributed by atoms with Crippen LogP contribution in [0.4, 0.5) is 0 Å². The average Bonchev–Trinajstić information content (AvgIpc) is 2.39. The summed E-state index contributed by atoms with van der Waals surface area (Å²) < 4.78 is 5.36. The van der Waals surface area contributed by atoms with Crippen molar-refractivity contribution in [3.8, 4) is 6.07 Å². The quantitative estimate of drug-likeness (QED) is 0.695. The summed E-state index contributed by atoms with van der Waals surface area (Å²) in [5.41, 5.74) is -0.636. The largest absolute Gasteiger partial charge is 0.391 e. The van der Waals surface area contributed by atoms with Crippen LogP contribution in [0.2, 0.25) is 0 Å². The van der Waals surface area contributed by atoms with Crippen LogP contribution in [0.5, 0.6) is 0 Å². The summed E-state index contributed by atoms with van der Waals surface area (Å²) in [6.07, 6.45) is 7.80. The van der Waals surface area contributed by atoms with E-state index in [1.165, 1.54) is 19.3 Å². The van der Waals surface area contributed by atoms with Crippen molar-refractivity contribution in [3.63, 3.8) is 0 Å². The molecule has 0 aromatic rings. The van der Waals surface area contributed by atoms with E-state index in [4.69, 9.17) is 4.74 Å². The van der Waals surface area contributed by atoms with Crippen molar-refractivity contribution in [1.82, 2.24) is 0 Å². The lowest BCUT2D eigenvalue weighted by atomic mass is 9.77. The van der Waals surface area contributed by atoms with Crippen LogP contribution in [0.1, 0.15) is 58.3 Å². The van der Waals surface area contributed by atoms with Crippen molar-refractivity contribution >= 4 is 0 Å². The molecule has 3 heteroatoms. The number of rotatable bonds is 7. The molecule has 0 amide bonds. The molecular weight excluding hydrogens is 214 g/mol. The fourth-order valence-corrected chi connectivity index (χ4v) is 2.46. The number of hydrogen-bond donors (Lipinski definition) is 1. The van der Waals surface area contributed by atoms with Gasteiger partial charge in [0.15, 0.2) is 0 Å². The molecule has 0 saturated carbocycles. The molecule has 0 bridgehead atoms. The van der Waals surface area contributed by atoms with Gasteiger partial charge < -0.3 is 9.84 Å². The number of hydrogen-bond acceptors (Lipinski definition) is 3. The molecule has 3 nitrogen and oxygen atoms in total. The second-order valence-electron chi connectivity index (χ2n) is 5.14. The lowest BCUT2D eigenvalue weighted by molar-refractivity contribution is -0.0524. The summed E-state index contributed by atoms with van der Waals surface area (Å²) >= 11 is 0. The maximum Gasteiger partial charge on any atom is 0.106 e. The van der Waals surface area contributed by atoms with Crippen LogP contribution in [0.3, 0.4) is 0 Å². The Kier molecular flexibility index (Phi) is 6.54. The van der Waals surface area contributed by atoms with E-state index in [0.717, 1.165) is 38.7 Å². The highest BCUT2D eigenvalue weighted by molar-refractivity contribution is 5.04. The van der Waals surface area contributed by atoms with E-state index < -0.39 is 11.5 Å². The van der Waals surface area contributed by atoms with Crippen LogP contribution in [-0.4, -0.2) is 24.4 Å². The molecule has 0 aromatic carbocycles. The van der Waals surface area contributed by atoms with Crippen LogP contribution < -0.4 is 0 Å². The summed E-state index contributed by atoms with van der Waals surface area (Å²) in [6.45, 7) is 3.32. The highest BCUT2D eigenvalue weighted by atomic mass is 16.5. The van der Waals surface area contributed by atoms with Crippen LogP contribution in [-0.2, 0) is 4.74 Å². The molecule has 1 rings (SSSR count). The van der Waals surface area contributed by atoms with Crippen molar-refractivity contribution < 1.29 is 9.84 Å². The number of ether oxygens (including phenoxy) is 1. The van der Waals surface area contributed by atoms with Gasteiger partial charge in [-0.3, -0.25) is 0 Å². The second-order valence-corrected chi connectivity index (χ2v) is 5.14. The lowest BCUT2D eigenvalue weighted by Gasteiger charge is -2.34. The van der Waals surface area contributed by atoms with Gasteiger partial charge in [0.05, 0.1) is 18.8 Å². The molecule has 0 spiro atoms. The minimum Gasteiger partial charge on any atom is -0.391 e. The van der Waals surface area contributed by atoms with Gasteiger partial charge in [0.1, 0.15) is 5.41 Å². The standard InChI is InChI=1S/C14H25NO2/c1-2-3-4-5-6-8-13(16)14(11-15)9-7-10-17-12-14/h13,16H,2-10,12H2,1H3. The molecular formula is C14H25NO2. The van der Waals surface area contributed by atoms with Crippen LogP contribution in [0, 0.1) is 16.7 Å². The summed E-state index contributed by atoms with van der Waals surface area (Å²) in [5, 5.41) is 19.4. The Morgan fingerprint density at radius 1 is 1.35 bits per heavy atom. The van der Waals surface area contributed by atoms with Gasteiger partial charge in [-0.1, -0.05) is 39.0 Å². The van der Waals surface area contributed by atoms with E-state index in [1.807, 2.05) is 0 Å². The predicted molar refractivity (Wildman–Crippen MR) is 67.5 cm³/mol. The van der Waals surface area contributed by atoms with Crippen molar-refractivity contribution in [2.75, 3.05) is 13.2 Å². The van der Waals surface area contributed by atoms with Gasteiger partial charge in [-0.15, -0.1) is 0 Å². The van der Waals surface area contributed by atoms with E-state index in [9.17, 15) is 10.4 Å². The van der Waals surface area contributed by atoms with Crippen LogP contribution in [0.15, 0.2) is 0 Å². The average molecular weight is 239 g/mol. The van der Waals surface area contributed by atoms with Crippen LogP contribution in [0.25, 0.3) is 0 Å². The third kappa shape index (κ3) is 4.29. The SMILES string of the molecule is CCCCCCCC(O)C1(C#N)CCCOC1. The zero-order chi connectivity index (χ0) is 12.6. The highest BCUT2D eigenvalue weighted by Gasteiger charge is 2.39. The van der Waals surface area contributed by atoms with E-state index in [-0.39, 0.29) is 0 Å². The van der Waals surface area contributed by atoms with E-state index in [0.29, 0.717) is 6.61 Å². The van der Waals surface area contributed by atoms with Gasteiger partial charge in [-0.05, 0) is 19.3 Å². The maximum atomic E-state index is 10.2. The van der Waals surface area contributed by atoms with Crippen molar-refractivity contribution in [2.24, 2.45) is 5.41 Å². The Morgan fingerprint density at radius 3 is 2.71 bits per heavy atom. The van der Waals surface area contributed by atoms with E-state index in [2.05, 4.69) is 13.0 Å². The third-order valence-electron chi connectivity index (χ3n) is 3.71. The Balaban J connectivity index is 2.29. The maximum absolute atomic E-state index is 10.2. The number of nitriles is 1. The summed E-state index contributed by atoms with van der Waals surface area (Å²) in [4.78, 5) is 0. The second kappa shape index (κ2) is 7.68. The number of unbranched alkanes of at least 4 members (excludes halogenated alkanes) is 4. The lowest BCUT2D eigenvalue weighted by Crippen LogP contribution is -2.41. The summed E-state index contributed by atoms with van der Waals surface area (Å²) in [7, 11) is 0. The van der Waals surface area contributed by atoms with Crippen LogP contribution >= 0.6 is 0 Å². The Labute approximate surface area is 105 Å². The monoisotopic (exact) mass is 239 g/mol. The molecule has 17 heavy (non-hydrogen) atoms. The van der Waals surface area contributed by atoms with Gasteiger partial charge >= 0.3 is 0 Å².